The van der Waals surface area contributed by atoms with Gasteiger partial charge < -0.3 is 0 Å². The average Bonchev–Trinajstić information content (AvgIpc) is 3.35. The Morgan fingerprint density at radius 3 is 2.28 bits per heavy atom. The molecule has 5 aromatic rings. The minimum absolute atomic E-state index is 0.0202. The quantitative estimate of drug-likeness (QED) is 0.208. The van der Waals surface area contributed by atoms with Crippen molar-refractivity contribution in [1.29, 1.82) is 0 Å². The molecule has 0 fully saturated rings. The fraction of sp³-hybridized carbons (Fsp3) is 0.100. The zero-order chi connectivity index (χ0) is 24.6. The fourth-order valence-corrected chi connectivity index (χ4v) is 5.26. The van der Waals surface area contributed by atoms with E-state index in [4.69, 9.17) is 15.1 Å². The number of halogens is 2. The van der Waals surface area contributed by atoms with E-state index in [0.29, 0.717) is 5.95 Å². The second-order valence-electron chi connectivity index (χ2n) is 8.93. The Balaban J connectivity index is 1.53. The number of aromatic nitrogens is 2. The van der Waals surface area contributed by atoms with E-state index in [9.17, 15) is 0 Å². The van der Waals surface area contributed by atoms with Crippen molar-refractivity contribution in [1.82, 2.24) is 9.97 Å². The Morgan fingerprint density at radius 2 is 1.50 bits per heavy atom. The van der Waals surface area contributed by atoms with Gasteiger partial charge in [-0.25, -0.2) is 15.0 Å². The summed E-state index contributed by atoms with van der Waals surface area (Å²) in [6.07, 6.45) is 0.758. The lowest BCUT2D eigenvalue weighted by Crippen LogP contribution is -2.21. The van der Waals surface area contributed by atoms with Crippen LogP contribution in [0, 0.1) is 6.92 Å². The maximum absolute atomic E-state index is 5.11. The number of fused-ring (bicyclic) bond motifs is 1. The first-order valence-electron chi connectivity index (χ1n) is 11.8. The smallest absolute Gasteiger partial charge is 0.223 e. The number of para-hydroxylation sites is 1. The van der Waals surface area contributed by atoms with Crippen LogP contribution in [-0.2, 0) is 0 Å². The topological polar surface area (TPSA) is 41.4 Å². The van der Waals surface area contributed by atoms with Crippen molar-refractivity contribution in [2.24, 2.45) is 5.10 Å². The van der Waals surface area contributed by atoms with Gasteiger partial charge in [-0.05, 0) is 48.4 Å². The van der Waals surface area contributed by atoms with Crippen LogP contribution >= 0.6 is 31.9 Å². The van der Waals surface area contributed by atoms with Crippen molar-refractivity contribution >= 4 is 54.4 Å². The highest BCUT2D eigenvalue weighted by Crippen LogP contribution is 2.38. The summed E-state index contributed by atoms with van der Waals surface area (Å²) >= 11 is 7.18. The van der Waals surface area contributed by atoms with E-state index in [1.165, 1.54) is 5.56 Å². The molecule has 0 amide bonds. The van der Waals surface area contributed by atoms with Crippen molar-refractivity contribution in [2.45, 2.75) is 19.4 Å². The third-order valence-electron chi connectivity index (χ3n) is 6.44. The van der Waals surface area contributed by atoms with Gasteiger partial charge in [0.1, 0.15) is 0 Å². The first-order valence-corrected chi connectivity index (χ1v) is 13.4. The molecular formula is C30H22Br2N4. The number of nitrogens with zero attached hydrogens (tertiary/aromatic N) is 4. The molecule has 2 heterocycles. The predicted octanol–water partition coefficient (Wildman–Crippen LogP) is 8.49. The summed E-state index contributed by atoms with van der Waals surface area (Å²) in [6.45, 7) is 2.10. The van der Waals surface area contributed by atoms with Gasteiger partial charge in [-0.15, -0.1) is 0 Å². The average molecular weight is 598 g/mol. The van der Waals surface area contributed by atoms with Crippen LogP contribution < -0.4 is 5.01 Å². The Morgan fingerprint density at radius 1 is 0.750 bits per heavy atom. The molecule has 0 N–H and O–H groups in total. The fourth-order valence-electron chi connectivity index (χ4n) is 4.58. The number of aryl methyl sites for hydroxylation is 1. The molecule has 1 aliphatic rings. The first kappa shape index (κ1) is 23.1. The molecule has 36 heavy (non-hydrogen) atoms. The maximum atomic E-state index is 5.11. The minimum Gasteiger partial charge on any atom is -0.223 e. The molecule has 1 atom stereocenters. The monoisotopic (exact) mass is 596 g/mol. The van der Waals surface area contributed by atoms with Crippen LogP contribution in [0.4, 0.5) is 5.95 Å². The van der Waals surface area contributed by atoms with Crippen LogP contribution in [0.5, 0.6) is 0 Å². The van der Waals surface area contributed by atoms with E-state index in [1.807, 2.05) is 29.3 Å². The summed E-state index contributed by atoms with van der Waals surface area (Å²) in [7, 11) is 0. The Bertz CT molecular complexity index is 1590. The Hall–Kier alpha value is -3.35. The molecule has 6 rings (SSSR count). The minimum atomic E-state index is -0.0202. The second kappa shape index (κ2) is 9.60. The Kier molecular flexibility index (Phi) is 6.15. The summed E-state index contributed by atoms with van der Waals surface area (Å²) in [6, 6.07) is 33.4. The molecular weight excluding hydrogens is 576 g/mol. The zero-order valence-electron chi connectivity index (χ0n) is 19.6. The largest absolute Gasteiger partial charge is 0.247 e. The van der Waals surface area contributed by atoms with Gasteiger partial charge in [0, 0.05) is 26.3 Å². The van der Waals surface area contributed by atoms with E-state index >= 15 is 0 Å². The molecule has 0 spiro atoms. The van der Waals surface area contributed by atoms with Gasteiger partial charge in [0.2, 0.25) is 5.95 Å². The molecule has 0 saturated heterocycles. The van der Waals surface area contributed by atoms with Gasteiger partial charge in [-0.2, -0.15) is 5.10 Å². The number of benzene rings is 4. The molecule has 6 heteroatoms. The van der Waals surface area contributed by atoms with Crippen LogP contribution in [0.1, 0.15) is 29.2 Å². The van der Waals surface area contributed by atoms with Gasteiger partial charge in [0.05, 0.1) is 23.0 Å². The normalized spacial score (nSPS) is 15.4. The van der Waals surface area contributed by atoms with Gasteiger partial charge in [0.15, 0.2) is 0 Å². The molecule has 0 radical (unpaired) electrons. The lowest BCUT2D eigenvalue weighted by Gasteiger charge is -2.23. The molecule has 0 unspecified atom stereocenters. The van der Waals surface area contributed by atoms with Crippen LogP contribution in [0.15, 0.2) is 111 Å². The van der Waals surface area contributed by atoms with E-state index < -0.39 is 0 Å². The van der Waals surface area contributed by atoms with Crippen molar-refractivity contribution in [2.75, 3.05) is 5.01 Å². The van der Waals surface area contributed by atoms with E-state index in [-0.39, 0.29) is 6.04 Å². The Labute approximate surface area is 227 Å². The lowest BCUT2D eigenvalue weighted by atomic mass is 9.98. The molecule has 0 bridgehead atoms. The second-order valence-corrected chi connectivity index (χ2v) is 10.8. The third kappa shape index (κ3) is 4.47. The molecule has 1 aromatic heterocycles. The van der Waals surface area contributed by atoms with Crippen LogP contribution in [-0.4, -0.2) is 15.7 Å². The van der Waals surface area contributed by atoms with Crippen LogP contribution in [0.25, 0.3) is 22.2 Å². The highest BCUT2D eigenvalue weighted by molar-refractivity contribution is 9.10. The summed E-state index contributed by atoms with van der Waals surface area (Å²) in [4.78, 5) is 10.1. The third-order valence-corrected chi connectivity index (χ3v) is 7.46. The van der Waals surface area contributed by atoms with Crippen molar-refractivity contribution in [3.05, 3.63) is 123 Å². The predicted molar refractivity (Wildman–Crippen MR) is 154 cm³/mol. The number of hydrazone groups is 1. The highest BCUT2D eigenvalue weighted by Gasteiger charge is 2.32. The molecule has 4 nitrogen and oxygen atoms in total. The standard InChI is InChI=1S/C30H22Br2N4/c1-19-9-11-21(12-10-19)29-25-7-2-3-8-26(25)33-30(34-29)36-28(22-5-4-6-24(32)17-22)18-27(35-36)20-13-15-23(31)16-14-20/h2-17,28H,18H2,1H3/t28-/m1/s1. The SMILES string of the molecule is Cc1ccc(-c2nc(N3N=C(c4ccc(Br)cc4)C[C@@H]3c3cccc(Br)c3)nc3ccccc23)cc1. The zero-order valence-corrected chi connectivity index (χ0v) is 22.7. The van der Waals surface area contributed by atoms with E-state index in [2.05, 4.69) is 112 Å². The lowest BCUT2D eigenvalue weighted by molar-refractivity contribution is 0.688. The number of rotatable bonds is 4. The van der Waals surface area contributed by atoms with Crippen molar-refractivity contribution in [3.63, 3.8) is 0 Å². The number of hydrogen-bond donors (Lipinski definition) is 0. The van der Waals surface area contributed by atoms with Crippen LogP contribution in [0.3, 0.4) is 0 Å². The molecule has 0 aliphatic carbocycles. The van der Waals surface area contributed by atoms with Gasteiger partial charge in [-0.3, -0.25) is 0 Å². The summed E-state index contributed by atoms with van der Waals surface area (Å²) in [5.41, 5.74) is 7.37. The van der Waals surface area contributed by atoms with Gasteiger partial charge in [0.25, 0.3) is 0 Å². The highest BCUT2D eigenvalue weighted by atomic mass is 79.9. The molecule has 176 valence electrons. The van der Waals surface area contributed by atoms with Crippen molar-refractivity contribution < 1.29 is 0 Å². The van der Waals surface area contributed by atoms with Gasteiger partial charge >= 0.3 is 0 Å². The van der Waals surface area contributed by atoms with E-state index in [0.717, 1.165) is 54.4 Å². The van der Waals surface area contributed by atoms with Crippen LogP contribution in [0.2, 0.25) is 0 Å². The molecule has 4 aromatic carbocycles. The number of hydrogen-bond acceptors (Lipinski definition) is 4. The summed E-state index contributed by atoms with van der Waals surface area (Å²) in [5.74, 6) is 0.598. The summed E-state index contributed by atoms with van der Waals surface area (Å²) in [5, 5.41) is 8.11. The first-order chi connectivity index (χ1) is 17.5. The summed E-state index contributed by atoms with van der Waals surface area (Å²) < 4.78 is 2.09. The molecule has 1 aliphatic heterocycles. The van der Waals surface area contributed by atoms with Crippen molar-refractivity contribution in [3.8, 4) is 11.3 Å². The number of anilines is 1. The molecule has 0 saturated carbocycles. The van der Waals surface area contributed by atoms with E-state index in [1.54, 1.807) is 0 Å². The maximum Gasteiger partial charge on any atom is 0.247 e. The van der Waals surface area contributed by atoms with Gasteiger partial charge in [-0.1, -0.05) is 104 Å².